The predicted octanol–water partition coefficient (Wildman–Crippen LogP) is 3.88. The summed E-state index contributed by atoms with van der Waals surface area (Å²) >= 11 is 0. The first-order valence-corrected chi connectivity index (χ1v) is 11.3. The third-order valence-electron chi connectivity index (χ3n) is 4.42. The molecule has 0 radical (unpaired) electrons. The monoisotopic (exact) mass is 424 g/mol. The number of nitrogens with one attached hydrogen (secondary N) is 2. The van der Waals surface area contributed by atoms with E-state index in [1.807, 2.05) is 54.6 Å². The van der Waals surface area contributed by atoms with Crippen LogP contribution in [0.4, 0.5) is 5.69 Å². The maximum absolute atomic E-state index is 12.5. The van der Waals surface area contributed by atoms with Crippen molar-refractivity contribution >= 4 is 21.6 Å². The average Bonchev–Trinajstić information content (AvgIpc) is 2.72. The molecular weight excluding hydrogens is 400 g/mol. The fraction of sp³-hybridized carbons (Fsp3) is 0.174. The quantitative estimate of drug-likeness (QED) is 0.575. The summed E-state index contributed by atoms with van der Waals surface area (Å²) in [6, 6.07) is 22.3. The van der Waals surface area contributed by atoms with Gasteiger partial charge in [-0.1, -0.05) is 48.5 Å². The highest BCUT2D eigenvalue weighted by molar-refractivity contribution is 7.92. The fourth-order valence-electron chi connectivity index (χ4n) is 2.79. The van der Waals surface area contributed by atoms with Crippen molar-refractivity contribution in [2.24, 2.45) is 0 Å². The van der Waals surface area contributed by atoms with Crippen LogP contribution in [0.15, 0.2) is 72.8 Å². The van der Waals surface area contributed by atoms with Crippen LogP contribution in [0, 0.1) is 6.92 Å². The molecule has 0 unspecified atom stereocenters. The van der Waals surface area contributed by atoms with Crippen molar-refractivity contribution in [1.29, 1.82) is 0 Å². The minimum absolute atomic E-state index is 0.275. The summed E-state index contributed by atoms with van der Waals surface area (Å²) in [5.41, 5.74) is 3.51. The van der Waals surface area contributed by atoms with Crippen LogP contribution in [0.5, 0.6) is 5.75 Å². The second-order valence-corrected chi connectivity index (χ2v) is 8.75. The van der Waals surface area contributed by atoms with Gasteiger partial charge >= 0.3 is 0 Å². The Hall–Kier alpha value is -3.32. The van der Waals surface area contributed by atoms with Gasteiger partial charge < -0.3 is 10.1 Å². The van der Waals surface area contributed by atoms with Crippen molar-refractivity contribution in [1.82, 2.24) is 5.32 Å². The van der Waals surface area contributed by atoms with Crippen LogP contribution < -0.4 is 14.8 Å². The number of benzene rings is 3. The lowest BCUT2D eigenvalue weighted by molar-refractivity contribution is 0.0951. The normalized spacial score (nSPS) is 11.0. The van der Waals surface area contributed by atoms with E-state index in [1.165, 1.54) is 6.07 Å². The molecule has 0 spiro atoms. The number of ether oxygens (including phenoxy) is 1. The molecule has 0 fully saturated rings. The van der Waals surface area contributed by atoms with Gasteiger partial charge in [0.25, 0.3) is 5.91 Å². The molecule has 3 aromatic rings. The van der Waals surface area contributed by atoms with E-state index < -0.39 is 10.0 Å². The number of sulfonamides is 1. The topological polar surface area (TPSA) is 84.5 Å². The van der Waals surface area contributed by atoms with E-state index in [2.05, 4.69) is 10.0 Å². The van der Waals surface area contributed by atoms with Crippen LogP contribution in [-0.2, 0) is 23.2 Å². The Morgan fingerprint density at radius 1 is 0.933 bits per heavy atom. The Morgan fingerprint density at radius 2 is 1.60 bits per heavy atom. The molecule has 0 atom stereocenters. The van der Waals surface area contributed by atoms with Gasteiger partial charge in [0.05, 0.1) is 11.9 Å². The molecule has 0 heterocycles. The van der Waals surface area contributed by atoms with Crippen molar-refractivity contribution in [3.8, 4) is 5.75 Å². The SMILES string of the molecule is Cc1ccc(C(=O)NCc2ccc(COc3ccccc3)cc2)cc1NS(C)(=O)=O. The van der Waals surface area contributed by atoms with Crippen LogP contribution in [0.25, 0.3) is 0 Å². The minimum Gasteiger partial charge on any atom is -0.489 e. The Kier molecular flexibility index (Phi) is 6.74. The van der Waals surface area contributed by atoms with Crippen LogP contribution >= 0.6 is 0 Å². The van der Waals surface area contributed by atoms with Gasteiger partial charge in [-0.3, -0.25) is 9.52 Å². The maximum Gasteiger partial charge on any atom is 0.251 e. The molecule has 2 N–H and O–H groups in total. The molecule has 0 aromatic heterocycles. The molecule has 6 nitrogen and oxygen atoms in total. The summed E-state index contributed by atoms with van der Waals surface area (Å²) in [7, 11) is -3.42. The Balaban J connectivity index is 1.56. The van der Waals surface area contributed by atoms with E-state index >= 15 is 0 Å². The summed E-state index contributed by atoms with van der Waals surface area (Å²) in [4.78, 5) is 12.5. The zero-order chi connectivity index (χ0) is 21.6. The van der Waals surface area contributed by atoms with E-state index in [-0.39, 0.29) is 5.91 Å². The molecule has 156 valence electrons. The highest BCUT2D eigenvalue weighted by atomic mass is 32.2. The average molecular weight is 425 g/mol. The molecule has 3 rings (SSSR count). The van der Waals surface area contributed by atoms with Crippen LogP contribution in [0.2, 0.25) is 0 Å². The van der Waals surface area contributed by atoms with E-state index in [9.17, 15) is 13.2 Å². The van der Waals surface area contributed by atoms with E-state index in [0.29, 0.717) is 24.4 Å². The molecule has 0 saturated carbocycles. The van der Waals surface area contributed by atoms with E-state index in [0.717, 1.165) is 28.7 Å². The molecule has 0 aliphatic carbocycles. The number of rotatable bonds is 8. The molecular formula is C23H24N2O4S. The molecule has 0 aliphatic rings. The van der Waals surface area contributed by atoms with Gasteiger partial charge in [-0.25, -0.2) is 8.42 Å². The van der Waals surface area contributed by atoms with Gasteiger partial charge in [-0.15, -0.1) is 0 Å². The molecule has 0 aliphatic heterocycles. The fourth-order valence-corrected chi connectivity index (χ4v) is 3.41. The van der Waals surface area contributed by atoms with Gasteiger partial charge in [0.1, 0.15) is 12.4 Å². The third-order valence-corrected chi connectivity index (χ3v) is 5.01. The summed E-state index contributed by atoms with van der Waals surface area (Å²) in [6.07, 6.45) is 1.08. The van der Waals surface area contributed by atoms with Gasteiger partial charge in [0, 0.05) is 12.1 Å². The van der Waals surface area contributed by atoms with Gasteiger partial charge in [-0.05, 0) is 47.9 Å². The Bertz CT molecular complexity index is 1110. The predicted molar refractivity (Wildman–Crippen MR) is 118 cm³/mol. The Labute approximate surface area is 177 Å². The largest absolute Gasteiger partial charge is 0.489 e. The molecule has 0 saturated heterocycles. The first kappa shape index (κ1) is 21.4. The first-order chi connectivity index (χ1) is 14.3. The number of aryl methyl sites for hydroxylation is 1. The van der Waals surface area contributed by atoms with Crippen LogP contribution in [-0.4, -0.2) is 20.6 Å². The van der Waals surface area contributed by atoms with E-state index in [4.69, 9.17) is 4.74 Å². The van der Waals surface area contributed by atoms with Crippen molar-refractivity contribution < 1.29 is 17.9 Å². The second-order valence-electron chi connectivity index (χ2n) is 7.00. The molecule has 7 heteroatoms. The number of carbonyl (C=O) groups is 1. The van der Waals surface area contributed by atoms with Crippen LogP contribution in [0.3, 0.4) is 0 Å². The maximum atomic E-state index is 12.5. The molecule has 0 bridgehead atoms. The first-order valence-electron chi connectivity index (χ1n) is 9.42. The standard InChI is InChI=1S/C23H24N2O4S/c1-17-8-13-20(14-22(17)25-30(2,27)28)23(26)24-15-18-9-11-19(12-10-18)16-29-21-6-4-3-5-7-21/h3-14,25H,15-16H2,1-2H3,(H,24,26). The van der Waals surface area contributed by atoms with Gasteiger partial charge in [0.2, 0.25) is 10.0 Å². The lowest BCUT2D eigenvalue weighted by Gasteiger charge is -2.11. The lowest BCUT2D eigenvalue weighted by Crippen LogP contribution is -2.23. The summed E-state index contributed by atoms with van der Waals surface area (Å²) in [6.45, 7) is 2.61. The summed E-state index contributed by atoms with van der Waals surface area (Å²) < 4.78 is 31.1. The number of carbonyl (C=O) groups excluding carboxylic acids is 1. The van der Waals surface area contributed by atoms with Crippen LogP contribution in [0.1, 0.15) is 27.0 Å². The number of hydrogen-bond acceptors (Lipinski definition) is 4. The van der Waals surface area contributed by atoms with Gasteiger partial charge in [-0.2, -0.15) is 0 Å². The number of para-hydroxylation sites is 1. The van der Waals surface area contributed by atoms with Crippen molar-refractivity contribution in [3.05, 3.63) is 95.1 Å². The number of hydrogen-bond donors (Lipinski definition) is 2. The smallest absolute Gasteiger partial charge is 0.251 e. The van der Waals surface area contributed by atoms with Crippen molar-refractivity contribution in [2.75, 3.05) is 11.0 Å². The van der Waals surface area contributed by atoms with Crippen molar-refractivity contribution in [2.45, 2.75) is 20.1 Å². The minimum atomic E-state index is -3.42. The van der Waals surface area contributed by atoms with E-state index in [1.54, 1.807) is 19.1 Å². The van der Waals surface area contributed by atoms with Crippen molar-refractivity contribution in [3.63, 3.8) is 0 Å². The zero-order valence-electron chi connectivity index (χ0n) is 16.9. The molecule has 1 amide bonds. The summed E-state index contributed by atoms with van der Waals surface area (Å²) in [5, 5.41) is 2.85. The zero-order valence-corrected chi connectivity index (χ0v) is 17.7. The lowest BCUT2D eigenvalue weighted by atomic mass is 10.1. The Morgan fingerprint density at radius 3 is 2.27 bits per heavy atom. The molecule has 30 heavy (non-hydrogen) atoms. The highest BCUT2D eigenvalue weighted by Crippen LogP contribution is 2.18. The highest BCUT2D eigenvalue weighted by Gasteiger charge is 2.11. The second kappa shape index (κ2) is 9.45. The molecule has 3 aromatic carbocycles. The summed E-state index contributed by atoms with van der Waals surface area (Å²) in [5.74, 6) is 0.541. The number of amides is 1. The third kappa shape index (κ3) is 6.35. The number of anilines is 1. The van der Waals surface area contributed by atoms with Gasteiger partial charge in [0.15, 0.2) is 0 Å².